The highest BCUT2D eigenvalue weighted by molar-refractivity contribution is 6.10. The van der Waals surface area contributed by atoms with Crippen molar-refractivity contribution in [3.63, 3.8) is 0 Å². The maximum Gasteiger partial charge on any atom is 0.0713 e. The number of nitrogens with zero attached hydrogens (tertiary/aromatic N) is 1. The molecule has 0 amide bonds. The van der Waals surface area contributed by atoms with E-state index in [1.807, 2.05) is 0 Å². The third kappa shape index (κ3) is 3.03. The molecule has 1 aliphatic carbocycles. The molecule has 1 aromatic heterocycles. The fraction of sp³-hybridized carbons (Fsp3) is 0.0244. The maximum absolute atomic E-state index is 2.42. The van der Waals surface area contributed by atoms with Crippen molar-refractivity contribution in [2.45, 2.75) is 5.41 Å². The Morgan fingerprint density at radius 1 is 0.405 bits per heavy atom. The first-order valence-electron chi connectivity index (χ1n) is 14.6. The Balaban J connectivity index is 1.41. The van der Waals surface area contributed by atoms with E-state index in [2.05, 4.69) is 168 Å². The van der Waals surface area contributed by atoms with E-state index in [1.165, 1.54) is 71.6 Å². The van der Waals surface area contributed by atoms with E-state index in [1.54, 1.807) is 0 Å². The highest BCUT2D eigenvalue weighted by Crippen LogP contribution is 2.57. The average Bonchev–Trinajstić information content (AvgIpc) is 3.57. The predicted octanol–water partition coefficient (Wildman–Crippen LogP) is 10.3. The van der Waals surface area contributed by atoms with Crippen LogP contribution in [0.25, 0.3) is 49.4 Å². The minimum atomic E-state index is -0.397. The second kappa shape index (κ2) is 8.80. The quantitative estimate of drug-likeness (QED) is 0.213. The third-order valence-electron chi connectivity index (χ3n) is 9.26. The highest BCUT2D eigenvalue weighted by Gasteiger charge is 2.46. The van der Waals surface area contributed by atoms with Crippen molar-refractivity contribution in [2.75, 3.05) is 0 Å². The number of rotatable bonds is 3. The summed E-state index contributed by atoms with van der Waals surface area (Å²) < 4.78 is 2.42. The van der Waals surface area contributed by atoms with Gasteiger partial charge < -0.3 is 4.57 Å². The molecule has 0 bridgehead atoms. The first kappa shape index (κ1) is 23.3. The van der Waals surface area contributed by atoms with Gasteiger partial charge in [0.25, 0.3) is 0 Å². The van der Waals surface area contributed by atoms with Crippen LogP contribution < -0.4 is 0 Å². The van der Waals surface area contributed by atoms with E-state index in [-0.39, 0.29) is 0 Å². The van der Waals surface area contributed by atoms with Crippen molar-refractivity contribution in [3.8, 4) is 16.8 Å². The van der Waals surface area contributed by atoms with Crippen LogP contribution in [0, 0.1) is 0 Å². The first-order chi connectivity index (χ1) is 20.9. The van der Waals surface area contributed by atoms with Crippen molar-refractivity contribution in [3.05, 3.63) is 186 Å². The fourth-order valence-electron chi connectivity index (χ4n) is 7.59. The molecule has 1 aliphatic rings. The average molecular weight is 534 g/mol. The topological polar surface area (TPSA) is 4.93 Å². The van der Waals surface area contributed by atoms with Gasteiger partial charge in [-0.1, -0.05) is 140 Å². The van der Waals surface area contributed by atoms with Gasteiger partial charge in [-0.05, 0) is 68.4 Å². The molecular formula is C41H27N. The van der Waals surface area contributed by atoms with E-state index in [0.29, 0.717) is 0 Å². The van der Waals surface area contributed by atoms with Gasteiger partial charge in [-0.25, -0.2) is 0 Å². The lowest BCUT2D eigenvalue weighted by Crippen LogP contribution is -2.28. The second-order valence-electron chi connectivity index (χ2n) is 11.3. The maximum atomic E-state index is 2.42. The number of hydrogen-bond donors (Lipinski definition) is 0. The van der Waals surface area contributed by atoms with Gasteiger partial charge in [0.05, 0.1) is 16.4 Å². The van der Waals surface area contributed by atoms with Gasteiger partial charge in [0.15, 0.2) is 0 Å². The molecule has 0 aliphatic heterocycles. The molecular weight excluding hydrogens is 506 g/mol. The summed E-state index contributed by atoms with van der Waals surface area (Å²) in [5.74, 6) is 0. The Morgan fingerprint density at radius 2 is 0.952 bits per heavy atom. The van der Waals surface area contributed by atoms with E-state index in [0.717, 1.165) is 0 Å². The van der Waals surface area contributed by atoms with Crippen molar-refractivity contribution < 1.29 is 0 Å². The first-order valence-corrected chi connectivity index (χ1v) is 14.6. The molecule has 1 heteroatoms. The molecule has 0 unspecified atom stereocenters. The summed E-state index contributed by atoms with van der Waals surface area (Å²) in [6.07, 6.45) is 0. The molecule has 0 saturated carbocycles. The molecule has 42 heavy (non-hydrogen) atoms. The summed E-state index contributed by atoms with van der Waals surface area (Å²) in [4.78, 5) is 0. The van der Waals surface area contributed by atoms with Gasteiger partial charge in [0.1, 0.15) is 0 Å². The van der Waals surface area contributed by atoms with Gasteiger partial charge in [-0.2, -0.15) is 0 Å². The number of fused-ring (bicyclic) bond motifs is 8. The van der Waals surface area contributed by atoms with Crippen LogP contribution >= 0.6 is 0 Å². The minimum Gasteiger partial charge on any atom is -0.309 e. The minimum absolute atomic E-state index is 0.397. The molecule has 196 valence electrons. The normalized spacial score (nSPS) is 13.4. The highest BCUT2D eigenvalue weighted by atomic mass is 15.0. The Morgan fingerprint density at radius 3 is 1.62 bits per heavy atom. The van der Waals surface area contributed by atoms with E-state index in [9.17, 15) is 0 Å². The third-order valence-corrected chi connectivity index (χ3v) is 9.26. The zero-order valence-corrected chi connectivity index (χ0v) is 23.0. The monoisotopic (exact) mass is 533 g/mol. The predicted molar refractivity (Wildman–Crippen MR) is 176 cm³/mol. The second-order valence-corrected chi connectivity index (χ2v) is 11.3. The van der Waals surface area contributed by atoms with Crippen LogP contribution in [0.3, 0.4) is 0 Å². The molecule has 1 heterocycles. The number of para-hydroxylation sites is 2. The molecule has 0 fully saturated rings. The zero-order valence-electron chi connectivity index (χ0n) is 23.0. The van der Waals surface area contributed by atoms with Crippen LogP contribution in [-0.2, 0) is 5.41 Å². The lowest BCUT2D eigenvalue weighted by atomic mass is 9.67. The molecule has 0 radical (unpaired) electrons. The van der Waals surface area contributed by atoms with Crippen LogP contribution in [0.2, 0.25) is 0 Å². The van der Waals surface area contributed by atoms with E-state index < -0.39 is 5.41 Å². The molecule has 8 aromatic rings. The standard InChI is InChI=1S/C41H27N/c1-3-13-29(14-4-1)41(30-15-5-2-6-16-30)36-20-10-7-19-34(36)40-35-27-31(25-23-28(35)24-26-37(40)41)42-38-21-11-8-17-32(38)33-18-9-12-22-39(33)42/h1-27H. The summed E-state index contributed by atoms with van der Waals surface area (Å²) >= 11 is 0. The SMILES string of the molecule is c1ccc(C2(c3ccccc3)c3ccccc3-c3c2ccc2ccc(-n4c5ccccc5c5ccccc54)cc32)cc1. The summed E-state index contributed by atoms with van der Waals surface area (Å²) in [6, 6.07) is 60.2. The summed E-state index contributed by atoms with van der Waals surface area (Å²) in [6.45, 7) is 0. The summed E-state index contributed by atoms with van der Waals surface area (Å²) in [5, 5.41) is 5.10. The van der Waals surface area contributed by atoms with Gasteiger partial charge in [-0.3, -0.25) is 0 Å². The molecule has 0 N–H and O–H groups in total. The van der Waals surface area contributed by atoms with Crippen molar-refractivity contribution in [2.24, 2.45) is 0 Å². The van der Waals surface area contributed by atoms with Crippen LogP contribution in [0.15, 0.2) is 164 Å². The zero-order chi connectivity index (χ0) is 27.7. The van der Waals surface area contributed by atoms with Crippen LogP contribution in [0.4, 0.5) is 0 Å². The fourth-order valence-corrected chi connectivity index (χ4v) is 7.59. The smallest absolute Gasteiger partial charge is 0.0713 e. The van der Waals surface area contributed by atoms with Gasteiger partial charge >= 0.3 is 0 Å². The summed E-state index contributed by atoms with van der Waals surface area (Å²) in [5.41, 5.74) is 11.2. The number of aromatic nitrogens is 1. The van der Waals surface area contributed by atoms with Crippen molar-refractivity contribution >= 4 is 32.6 Å². The van der Waals surface area contributed by atoms with Crippen molar-refractivity contribution in [1.29, 1.82) is 0 Å². The molecule has 9 rings (SSSR count). The number of hydrogen-bond acceptors (Lipinski definition) is 0. The van der Waals surface area contributed by atoms with Crippen LogP contribution in [-0.4, -0.2) is 4.57 Å². The Kier molecular flexibility index (Phi) is 4.88. The van der Waals surface area contributed by atoms with Gasteiger partial charge in [0.2, 0.25) is 0 Å². The lowest BCUT2D eigenvalue weighted by Gasteiger charge is -2.33. The Labute approximate surface area is 244 Å². The molecule has 0 saturated heterocycles. The Hall–Kier alpha value is -5.40. The molecule has 7 aromatic carbocycles. The van der Waals surface area contributed by atoms with E-state index >= 15 is 0 Å². The van der Waals surface area contributed by atoms with Gasteiger partial charge in [-0.15, -0.1) is 0 Å². The molecule has 1 nitrogen and oxygen atoms in total. The number of benzene rings is 7. The van der Waals surface area contributed by atoms with Gasteiger partial charge in [0, 0.05) is 16.5 Å². The van der Waals surface area contributed by atoms with Crippen LogP contribution in [0.1, 0.15) is 22.3 Å². The van der Waals surface area contributed by atoms with E-state index in [4.69, 9.17) is 0 Å². The summed E-state index contributed by atoms with van der Waals surface area (Å²) in [7, 11) is 0. The molecule has 0 spiro atoms. The molecule has 0 atom stereocenters. The Bertz CT molecular complexity index is 2200. The van der Waals surface area contributed by atoms with Crippen LogP contribution in [0.5, 0.6) is 0 Å². The lowest BCUT2D eigenvalue weighted by molar-refractivity contribution is 0.769. The van der Waals surface area contributed by atoms with Crippen molar-refractivity contribution in [1.82, 2.24) is 4.57 Å². The largest absolute Gasteiger partial charge is 0.309 e.